The maximum atomic E-state index is 13.5. The first-order valence-corrected chi connectivity index (χ1v) is 11.4. The van der Waals surface area contributed by atoms with Gasteiger partial charge in [0.05, 0.1) is 21.8 Å². The number of aryl methyl sites for hydroxylation is 2. The number of para-hydroxylation sites is 1. The van der Waals surface area contributed by atoms with Crippen LogP contribution >= 0.6 is 11.8 Å². The van der Waals surface area contributed by atoms with E-state index in [0.29, 0.717) is 16.1 Å². The molecule has 1 saturated carbocycles. The summed E-state index contributed by atoms with van der Waals surface area (Å²) < 4.78 is 1.66. The van der Waals surface area contributed by atoms with Crippen molar-refractivity contribution in [3.8, 4) is 5.69 Å². The highest BCUT2D eigenvalue weighted by atomic mass is 32.2. The second-order valence-corrected chi connectivity index (χ2v) is 9.40. The third kappa shape index (κ3) is 4.15. The number of amides is 1. The Balaban J connectivity index is 1.77. The van der Waals surface area contributed by atoms with Crippen LogP contribution < -0.4 is 10.9 Å². The van der Waals surface area contributed by atoms with E-state index in [1.165, 1.54) is 24.6 Å². The Morgan fingerprint density at radius 3 is 2.67 bits per heavy atom. The van der Waals surface area contributed by atoms with Gasteiger partial charge in [0.1, 0.15) is 0 Å². The SMILES string of the molecule is Cc1ccc(C)c(-n2c(SC(C)C(=O)NC3CCCC3)nc3ccccc3c2=O)c1. The first kappa shape index (κ1) is 20.7. The van der Waals surface area contributed by atoms with Crippen molar-refractivity contribution in [3.63, 3.8) is 0 Å². The van der Waals surface area contributed by atoms with E-state index in [1.54, 1.807) is 10.6 Å². The Kier molecular flexibility index (Phi) is 5.95. The van der Waals surface area contributed by atoms with Crippen LogP contribution in [-0.4, -0.2) is 26.8 Å². The predicted octanol–water partition coefficient (Wildman–Crippen LogP) is 4.54. The van der Waals surface area contributed by atoms with E-state index in [4.69, 9.17) is 4.98 Å². The number of nitrogens with zero attached hydrogens (tertiary/aromatic N) is 2. The van der Waals surface area contributed by atoms with Gasteiger partial charge in [-0.25, -0.2) is 4.98 Å². The molecule has 3 aromatic rings. The van der Waals surface area contributed by atoms with Crippen molar-refractivity contribution in [1.29, 1.82) is 0 Å². The maximum Gasteiger partial charge on any atom is 0.266 e. The highest BCUT2D eigenvalue weighted by molar-refractivity contribution is 8.00. The Morgan fingerprint density at radius 2 is 1.90 bits per heavy atom. The summed E-state index contributed by atoms with van der Waals surface area (Å²) in [7, 11) is 0. The third-order valence-electron chi connectivity index (χ3n) is 5.70. The fourth-order valence-electron chi connectivity index (χ4n) is 3.96. The maximum absolute atomic E-state index is 13.5. The molecule has 2 aromatic carbocycles. The molecule has 1 heterocycles. The molecule has 6 heteroatoms. The standard InChI is InChI=1S/C24H27N3O2S/c1-15-12-13-16(2)21(14-15)27-23(29)19-10-6-7-11-20(19)26-24(27)30-17(3)22(28)25-18-8-4-5-9-18/h6-7,10-14,17-18H,4-5,8-9H2,1-3H3,(H,25,28). The van der Waals surface area contributed by atoms with E-state index in [1.807, 2.05) is 57.2 Å². The highest BCUT2D eigenvalue weighted by Gasteiger charge is 2.24. The van der Waals surface area contributed by atoms with Crippen molar-refractivity contribution in [1.82, 2.24) is 14.9 Å². The molecule has 1 amide bonds. The lowest BCUT2D eigenvalue weighted by molar-refractivity contribution is -0.120. The van der Waals surface area contributed by atoms with Gasteiger partial charge < -0.3 is 5.32 Å². The van der Waals surface area contributed by atoms with Gasteiger partial charge in [-0.05, 0) is 62.9 Å². The van der Waals surface area contributed by atoms with E-state index in [0.717, 1.165) is 29.7 Å². The molecule has 0 bridgehead atoms. The number of fused-ring (bicyclic) bond motifs is 1. The molecular formula is C24H27N3O2S. The second kappa shape index (κ2) is 8.64. The van der Waals surface area contributed by atoms with Crippen LogP contribution in [0, 0.1) is 13.8 Å². The van der Waals surface area contributed by atoms with Crippen molar-refractivity contribution >= 4 is 28.6 Å². The molecule has 1 aromatic heterocycles. The van der Waals surface area contributed by atoms with Crippen LogP contribution in [0.5, 0.6) is 0 Å². The largest absolute Gasteiger partial charge is 0.352 e. The number of hydrogen-bond acceptors (Lipinski definition) is 4. The lowest BCUT2D eigenvalue weighted by Crippen LogP contribution is -2.38. The summed E-state index contributed by atoms with van der Waals surface area (Å²) in [4.78, 5) is 31.0. The third-order valence-corrected chi connectivity index (χ3v) is 6.76. The van der Waals surface area contributed by atoms with Crippen LogP contribution in [0.2, 0.25) is 0 Å². The summed E-state index contributed by atoms with van der Waals surface area (Å²) in [6.07, 6.45) is 4.44. The number of thioether (sulfide) groups is 1. The van der Waals surface area contributed by atoms with Gasteiger partial charge in [0.2, 0.25) is 5.91 Å². The first-order valence-electron chi connectivity index (χ1n) is 10.5. The van der Waals surface area contributed by atoms with Crippen molar-refractivity contribution in [2.75, 3.05) is 0 Å². The van der Waals surface area contributed by atoms with E-state index < -0.39 is 0 Å². The molecule has 1 unspecified atom stereocenters. The summed E-state index contributed by atoms with van der Waals surface area (Å²) in [5.41, 5.74) is 3.41. The number of rotatable bonds is 5. The van der Waals surface area contributed by atoms with Crippen molar-refractivity contribution in [2.24, 2.45) is 0 Å². The average molecular weight is 422 g/mol. The number of hydrogen-bond donors (Lipinski definition) is 1. The molecule has 1 atom stereocenters. The highest BCUT2D eigenvalue weighted by Crippen LogP contribution is 2.27. The van der Waals surface area contributed by atoms with Gasteiger partial charge in [0.15, 0.2) is 5.16 Å². The molecule has 4 rings (SSSR count). The molecule has 0 aliphatic heterocycles. The van der Waals surface area contributed by atoms with Crippen LogP contribution in [0.3, 0.4) is 0 Å². The summed E-state index contributed by atoms with van der Waals surface area (Å²) in [5, 5.41) is 3.92. The smallest absolute Gasteiger partial charge is 0.266 e. The quantitative estimate of drug-likeness (QED) is 0.485. The molecule has 156 valence electrons. The molecule has 0 spiro atoms. The van der Waals surface area contributed by atoms with Crippen molar-refractivity contribution in [2.45, 2.75) is 62.9 Å². The zero-order valence-corrected chi connectivity index (χ0v) is 18.5. The summed E-state index contributed by atoms with van der Waals surface area (Å²) in [6, 6.07) is 13.7. The molecule has 0 saturated heterocycles. The van der Waals surface area contributed by atoms with Gasteiger partial charge in [-0.1, -0.05) is 48.9 Å². The summed E-state index contributed by atoms with van der Waals surface area (Å²) in [6.45, 7) is 5.87. The predicted molar refractivity (Wildman–Crippen MR) is 123 cm³/mol. The first-order chi connectivity index (χ1) is 14.4. The topological polar surface area (TPSA) is 64.0 Å². The van der Waals surface area contributed by atoms with Crippen LogP contribution in [0.4, 0.5) is 0 Å². The molecule has 1 fully saturated rings. The van der Waals surface area contributed by atoms with Crippen molar-refractivity contribution in [3.05, 3.63) is 63.9 Å². The summed E-state index contributed by atoms with van der Waals surface area (Å²) >= 11 is 1.34. The molecular weight excluding hydrogens is 394 g/mol. The van der Waals surface area contributed by atoms with Gasteiger partial charge in [0, 0.05) is 6.04 Å². The monoisotopic (exact) mass is 421 g/mol. The molecule has 30 heavy (non-hydrogen) atoms. The molecule has 0 radical (unpaired) electrons. The van der Waals surface area contributed by atoms with Crippen LogP contribution in [0.25, 0.3) is 16.6 Å². The Morgan fingerprint density at radius 1 is 1.17 bits per heavy atom. The zero-order chi connectivity index (χ0) is 21.3. The van der Waals surface area contributed by atoms with Crippen LogP contribution in [0.1, 0.15) is 43.7 Å². The second-order valence-electron chi connectivity index (χ2n) is 8.09. The van der Waals surface area contributed by atoms with E-state index >= 15 is 0 Å². The number of benzene rings is 2. The zero-order valence-electron chi connectivity index (χ0n) is 17.6. The number of aromatic nitrogens is 2. The Bertz CT molecular complexity index is 1150. The minimum atomic E-state index is -0.352. The van der Waals surface area contributed by atoms with Crippen LogP contribution in [-0.2, 0) is 4.79 Å². The van der Waals surface area contributed by atoms with Gasteiger partial charge in [-0.2, -0.15) is 0 Å². The molecule has 1 aliphatic rings. The normalized spacial score (nSPS) is 15.4. The fraction of sp³-hybridized carbons (Fsp3) is 0.375. The molecule has 5 nitrogen and oxygen atoms in total. The lowest BCUT2D eigenvalue weighted by atomic mass is 10.1. The van der Waals surface area contributed by atoms with E-state index in [-0.39, 0.29) is 22.8 Å². The van der Waals surface area contributed by atoms with Gasteiger partial charge in [-0.15, -0.1) is 0 Å². The van der Waals surface area contributed by atoms with E-state index in [9.17, 15) is 9.59 Å². The molecule has 1 N–H and O–H groups in total. The molecule has 1 aliphatic carbocycles. The van der Waals surface area contributed by atoms with Crippen molar-refractivity contribution < 1.29 is 4.79 Å². The summed E-state index contributed by atoms with van der Waals surface area (Å²) in [5.74, 6) is 0.00169. The minimum Gasteiger partial charge on any atom is -0.352 e. The van der Waals surface area contributed by atoms with Gasteiger partial charge >= 0.3 is 0 Å². The fourth-order valence-corrected chi connectivity index (χ4v) is 4.89. The van der Waals surface area contributed by atoms with Gasteiger partial charge in [0.25, 0.3) is 5.56 Å². The number of nitrogens with one attached hydrogen (secondary N) is 1. The van der Waals surface area contributed by atoms with Crippen LogP contribution in [0.15, 0.2) is 52.4 Å². The Labute approximate surface area is 180 Å². The van der Waals surface area contributed by atoms with Gasteiger partial charge in [-0.3, -0.25) is 14.2 Å². The Hall–Kier alpha value is -2.60. The number of carbonyl (C=O) groups is 1. The minimum absolute atomic E-state index is 0.00169. The van der Waals surface area contributed by atoms with E-state index in [2.05, 4.69) is 5.32 Å². The lowest BCUT2D eigenvalue weighted by Gasteiger charge is -2.19. The average Bonchev–Trinajstić information content (AvgIpc) is 3.23. The number of carbonyl (C=O) groups excluding carboxylic acids is 1.